The molecule has 2 N–H and O–H groups in total. The van der Waals surface area contributed by atoms with Gasteiger partial charge in [-0.3, -0.25) is 29.8 Å². The van der Waals surface area contributed by atoms with E-state index < -0.39 is 27.1 Å². The van der Waals surface area contributed by atoms with Gasteiger partial charge in [0.2, 0.25) is 5.91 Å². The summed E-state index contributed by atoms with van der Waals surface area (Å²) >= 11 is 3.33. The molecule has 32 heavy (non-hydrogen) atoms. The molecule has 0 aliphatic rings. The molecule has 10 nitrogen and oxygen atoms in total. The Bertz CT molecular complexity index is 1220. The second kappa shape index (κ2) is 9.79. The van der Waals surface area contributed by atoms with E-state index in [9.17, 15) is 29.8 Å². The van der Waals surface area contributed by atoms with Crippen LogP contribution in [0.25, 0.3) is 0 Å². The number of carbonyl (C=O) groups excluding carboxylic acids is 2. The third kappa shape index (κ3) is 5.32. The van der Waals surface area contributed by atoms with Gasteiger partial charge in [0.05, 0.1) is 22.5 Å². The number of anilines is 2. The van der Waals surface area contributed by atoms with E-state index in [0.717, 1.165) is 18.2 Å². The Morgan fingerprint density at radius 3 is 2.22 bits per heavy atom. The third-order valence-corrected chi connectivity index (χ3v) is 4.86. The highest BCUT2D eigenvalue weighted by Crippen LogP contribution is 2.29. The quantitative estimate of drug-likeness (QED) is 0.263. The fraction of sp³-hybridized carbons (Fsp3) is 0.0476. The molecule has 0 unspecified atom stereocenters. The lowest BCUT2D eigenvalue weighted by molar-refractivity contribution is -0.393. The summed E-state index contributed by atoms with van der Waals surface area (Å²) in [6.45, 7) is -0.301. The van der Waals surface area contributed by atoms with Gasteiger partial charge in [-0.25, -0.2) is 0 Å². The van der Waals surface area contributed by atoms with Crippen molar-refractivity contribution >= 4 is 50.4 Å². The van der Waals surface area contributed by atoms with Gasteiger partial charge in [-0.15, -0.1) is 0 Å². The standard InChI is InChI=1S/C21H15BrN4O6/c22-14-6-8-17(16(10-14)21(28)13-4-2-1-3-5-13)23-12-20(27)24-18-9-7-15(25(29)30)11-19(18)26(31)32/h1-11,23H,12H2,(H,24,27). The van der Waals surface area contributed by atoms with E-state index in [1.165, 1.54) is 0 Å². The number of nitrogens with one attached hydrogen (secondary N) is 2. The molecule has 0 atom stereocenters. The first-order valence-electron chi connectivity index (χ1n) is 9.12. The first-order chi connectivity index (χ1) is 15.3. The summed E-state index contributed by atoms with van der Waals surface area (Å²) in [6, 6.07) is 16.5. The van der Waals surface area contributed by atoms with Crippen molar-refractivity contribution in [3.05, 3.63) is 103 Å². The van der Waals surface area contributed by atoms with E-state index in [4.69, 9.17) is 0 Å². The van der Waals surface area contributed by atoms with E-state index >= 15 is 0 Å². The average Bonchev–Trinajstić information content (AvgIpc) is 2.78. The van der Waals surface area contributed by atoms with Crippen molar-refractivity contribution in [2.45, 2.75) is 0 Å². The molecule has 0 aliphatic heterocycles. The summed E-state index contributed by atoms with van der Waals surface area (Å²) < 4.78 is 0.674. The molecule has 3 aromatic carbocycles. The van der Waals surface area contributed by atoms with Crippen molar-refractivity contribution in [1.29, 1.82) is 0 Å². The van der Waals surface area contributed by atoms with Gasteiger partial charge >= 0.3 is 0 Å². The number of rotatable bonds is 8. The minimum atomic E-state index is -0.818. The predicted molar refractivity (Wildman–Crippen MR) is 121 cm³/mol. The van der Waals surface area contributed by atoms with E-state index in [1.807, 2.05) is 0 Å². The monoisotopic (exact) mass is 498 g/mol. The molecule has 3 rings (SSSR count). The van der Waals surface area contributed by atoms with E-state index in [2.05, 4.69) is 26.6 Å². The summed E-state index contributed by atoms with van der Waals surface area (Å²) in [7, 11) is 0. The van der Waals surface area contributed by atoms with Crippen molar-refractivity contribution in [2.24, 2.45) is 0 Å². The number of benzene rings is 3. The normalized spacial score (nSPS) is 10.3. The topological polar surface area (TPSA) is 144 Å². The molecule has 0 radical (unpaired) electrons. The van der Waals surface area contributed by atoms with Crippen molar-refractivity contribution in [3.63, 3.8) is 0 Å². The van der Waals surface area contributed by atoms with Crippen LogP contribution in [0.3, 0.4) is 0 Å². The van der Waals surface area contributed by atoms with Crippen LogP contribution in [0.1, 0.15) is 15.9 Å². The first kappa shape index (κ1) is 22.6. The number of non-ortho nitro benzene ring substituents is 1. The van der Waals surface area contributed by atoms with Crippen LogP contribution in [0.5, 0.6) is 0 Å². The van der Waals surface area contributed by atoms with Crippen LogP contribution < -0.4 is 10.6 Å². The Morgan fingerprint density at radius 2 is 1.56 bits per heavy atom. The number of hydrogen-bond donors (Lipinski definition) is 2. The first-order valence-corrected chi connectivity index (χ1v) is 9.91. The maximum absolute atomic E-state index is 12.9. The zero-order valence-corrected chi connectivity index (χ0v) is 17.9. The van der Waals surface area contributed by atoms with E-state index in [-0.39, 0.29) is 18.0 Å². The Morgan fingerprint density at radius 1 is 0.875 bits per heavy atom. The van der Waals surface area contributed by atoms with Gasteiger partial charge in [0, 0.05) is 27.4 Å². The zero-order chi connectivity index (χ0) is 23.3. The second-order valence-electron chi connectivity index (χ2n) is 6.50. The summed E-state index contributed by atoms with van der Waals surface area (Å²) in [4.78, 5) is 45.7. The highest BCUT2D eigenvalue weighted by atomic mass is 79.9. The maximum Gasteiger partial charge on any atom is 0.299 e. The van der Waals surface area contributed by atoms with Crippen LogP contribution in [0.15, 0.2) is 71.2 Å². The van der Waals surface area contributed by atoms with Crippen molar-refractivity contribution in [3.8, 4) is 0 Å². The lowest BCUT2D eigenvalue weighted by atomic mass is 10.0. The number of nitro groups is 2. The lowest BCUT2D eigenvalue weighted by Crippen LogP contribution is -2.23. The smallest absolute Gasteiger partial charge is 0.299 e. The van der Waals surface area contributed by atoms with Gasteiger partial charge in [0.25, 0.3) is 11.4 Å². The molecular formula is C21H15BrN4O6. The fourth-order valence-corrected chi connectivity index (χ4v) is 3.22. The van der Waals surface area contributed by atoms with Gasteiger partial charge in [-0.2, -0.15) is 0 Å². The van der Waals surface area contributed by atoms with Crippen molar-refractivity contribution < 1.29 is 19.4 Å². The largest absolute Gasteiger partial charge is 0.376 e. The highest BCUT2D eigenvalue weighted by Gasteiger charge is 2.21. The van der Waals surface area contributed by atoms with Gasteiger partial charge in [0.15, 0.2) is 5.78 Å². The molecule has 0 saturated carbocycles. The molecule has 0 aromatic heterocycles. The molecule has 0 spiro atoms. The average molecular weight is 499 g/mol. The number of hydrogen-bond acceptors (Lipinski definition) is 7. The number of nitrogens with zero attached hydrogens (tertiary/aromatic N) is 2. The van der Waals surface area contributed by atoms with E-state index in [1.54, 1.807) is 48.5 Å². The van der Waals surface area contributed by atoms with Crippen molar-refractivity contribution in [2.75, 3.05) is 17.2 Å². The Hall–Kier alpha value is -4.12. The number of amides is 1. The minimum Gasteiger partial charge on any atom is -0.376 e. The van der Waals surface area contributed by atoms with Crippen LogP contribution in [0, 0.1) is 20.2 Å². The number of ketones is 1. The number of nitro benzene ring substituents is 2. The Balaban J connectivity index is 1.77. The molecular weight excluding hydrogens is 484 g/mol. The van der Waals surface area contributed by atoms with Gasteiger partial charge in [-0.1, -0.05) is 46.3 Å². The minimum absolute atomic E-state index is 0.177. The van der Waals surface area contributed by atoms with E-state index in [0.29, 0.717) is 21.3 Å². The van der Waals surface area contributed by atoms with Crippen LogP contribution >= 0.6 is 15.9 Å². The summed E-state index contributed by atoms with van der Waals surface area (Å²) in [5.41, 5.74) is -0.0404. The lowest BCUT2D eigenvalue weighted by Gasteiger charge is -2.12. The van der Waals surface area contributed by atoms with Crippen LogP contribution in [0.2, 0.25) is 0 Å². The molecule has 0 heterocycles. The van der Waals surface area contributed by atoms with Crippen molar-refractivity contribution in [1.82, 2.24) is 0 Å². The van der Waals surface area contributed by atoms with Gasteiger partial charge < -0.3 is 10.6 Å². The summed E-state index contributed by atoms with van der Waals surface area (Å²) in [5.74, 6) is -0.885. The molecule has 0 bridgehead atoms. The molecule has 0 fully saturated rings. The summed E-state index contributed by atoms with van der Waals surface area (Å²) in [6.07, 6.45) is 0. The second-order valence-corrected chi connectivity index (χ2v) is 7.42. The molecule has 162 valence electrons. The Labute approximate surface area is 189 Å². The predicted octanol–water partition coefficient (Wildman–Crippen LogP) is 4.55. The molecule has 0 saturated heterocycles. The van der Waals surface area contributed by atoms with Gasteiger partial charge in [-0.05, 0) is 24.3 Å². The number of halogens is 1. The number of carbonyl (C=O) groups is 2. The molecule has 3 aromatic rings. The SMILES string of the molecule is O=C(CNc1ccc(Br)cc1C(=O)c1ccccc1)Nc1ccc([N+](=O)[O-])cc1[N+](=O)[O-]. The fourth-order valence-electron chi connectivity index (χ4n) is 2.86. The molecule has 1 amide bonds. The van der Waals surface area contributed by atoms with Crippen LogP contribution in [-0.4, -0.2) is 28.1 Å². The zero-order valence-electron chi connectivity index (χ0n) is 16.3. The van der Waals surface area contributed by atoms with Gasteiger partial charge in [0.1, 0.15) is 5.69 Å². The van der Waals surface area contributed by atoms with Crippen LogP contribution in [0.4, 0.5) is 22.7 Å². The molecule has 11 heteroatoms. The van der Waals surface area contributed by atoms with Crippen LogP contribution in [-0.2, 0) is 4.79 Å². The molecule has 0 aliphatic carbocycles. The highest BCUT2D eigenvalue weighted by molar-refractivity contribution is 9.10. The third-order valence-electron chi connectivity index (χ3n) is 4.36. The Kier molecular flexibility index (Phi) is 6.90. The summed E-state index contributed by atoms with van der Waals surface area (Å²) in [5, 5.41) is 27.3. The maximum atomic E-state index is 12.9.